The lowest BCUT2D eigenvalue weighted by molar-refractivity contribution is 0.305. The molecule has 2 rings (SSSR count). The van der Waals surface area contributed by atoms with Crippen molar-refractivity contribution in [2.24, 2.45) is 0 Å². The average Bonchev–Trinajstić information content (AvgIpc) is 2.38. The third-order valence-electron chi connectivity index (χ3n) is 2.21. The topological polar surface area (TPSA) is 22.1 Å². The van der Waals surface area contributed by atoms with Crippen LogP contribution in [0, 0.1) is 0 Å². The molecule has 0 atom stereocenters. The SMILES string of the molecule is ClCc1ccc(OCc2cccnc2)cc1. The molecule has 0 aliphatic heterocycles. The second-order valence-electron chi connectivity index (χ2n) is 3.43. The minimum absolute atomic E-state index is 0.531. The lowest BCUT2D eigenvalue weighted by Gasteiger charge is -2.06. The van der Waals surface area contributed by atoms with E-state index in [4.69, 9.17) is 16.3 Å². The van der Waals surface area contributed by atoms with Gasteiger partial charge in [-0.15, -0.1) is 11.6 Å². The van der Waals surface area contributed by atoms with Crippen LogP contribution in [0.1, 0.15) is 11.1 Å². The number of nitrogens with zero attached hydrogens (tertiary/aromatic N) is 1. The van der Waals surface area contributed by atoms with Crippen LogP contribution in [-0.2, 0) is 12.5 Å². The molecule has 2 nitrogen and oxygen atoms in total. The van der Waals surface area contributed by atoms with Crippen LogP contribution in [0.3, 0.4) is 0 Å². The number of ether oxygens (including phenoxy) is 1. The van der Waals surface area contributed by atoms with Gasteiger partial charge >= 0.3 is 0 Å². The zero-order valence-corrected chi connectivity index (χ0v) is 9.52. The molecule has 0 N–H and O–H groups in total. The van der Waals surface area contributed by atoms with E-state index in [0.717, 1.165) is 16.9 Å². The van der Waals surface area contributed by atoms with Gasteiger partial charge in [-0.1, -0.05) is 18.2 Å². The molecular formula is C13H12ClNO. The number of alkyl halides is 1. The van der Waals surface area contributed by atoms with Crippen molar-refractivity contribution in [3.05, 3.63) is 59.9 Å². The van der Waals surface area contributed by atoms with Gasteiger partial charge < -0.3 is 4.74 Å². The summed E-state index contributed by atoms with van der Waals surface area (Å²) in [5.41, 5.74) is 2.15. The maximum Gasteiger partial charge on any atom is 0.119 e. The van der Waals surface area contributed by atoms with Crippen LogP contribution in [-0.4, -0.2) is 4.98 Å². The van der Waals surface area contributed by atoms with Gasteiger partial charge in [0.15, 0.2) is 0 Å². The summed E-state index contributed by atoms with van der Waals surface area (Å²) in [7, 11) is 0. The number of aromatic nitrogens is 1. The fourth-order valence-corrected chi connectivity index (χ4v) is 1.50. The standard InChI is InChI=1S/C13H12ClNO/c14-8-11-3-5-13(6-4-11)16-10-12-2-1-7-15-9-12/h1-7,9H,8,10H2. The van der Waals surface area contributed by atoms with Crippen LogP contribution < -0.4 is 4.74 Å². The van der Waals surface area contributed by atoms with Crippen molar-refractivity contribution in [3.63, 3.8) is 0 Å². The maximum absolute atomic E-state index is 5.70. The van der Waals surface area contributed by atoms with Crippen LogP contribution in [0.25, 0.3) is 0 Å². The first-order chi connectivity index (χ1) is 7.88. The van der Waals surface area contributed by atoms with Gasteiger partial charge in [0.05, 0.1) is 0 Å². The second-order valence-corrected chi connectivity index (χ2v) is 3.69. The van der Waals surface area contributed by atoms with Crippen molar-refractivity contribution in [1.29, 1.82) is 0 Å². The van der Waals surface area contributed by atoms with Crippen LogP contribution in [0.5, 0.6) is 5.75 Å². The molecular weight excluding hydrogens is 222 g/mol. The van der Waals surface area contributed by atoms with Crippen molar-refractivity contribution in [1.82, 2.24) is 4.98 Å². The molecule has 1 heterocycles. The van der Waals surface area contributed by atoms with Gasteiger partial charge in [0, 0.05) is 23.8 Å². The molecule has 0 bridgehead atoms. The third-order valence-corrected chi connectivity index (χ3v) is 2.51. The van der Waals surface area contributed by atoms with E-state index in [-0.39, 0.29) is 0 Å². The molecule has 0 saturated carbocycles. The summed E-state index contributed by atoms with van der Waals surface area (Å²) >= 11 is 5.70. The molecule has 0 saturated heterocycles. The average molecular weight is 234 g/mol. The molecule has 0 spiro atoms. The number of hydrogen-bond acceptors (Lipinski definition) is 2. The predicted molar refractivity (Wildman–Crippen MR) is 64.6 cm³/mol. The molecule has 0 aliphatic rings. The zero-order valence-electron chi connectivity index (χ0n) is 8.77. The highest BCUT2D eigenvalue weighted by Crippen LogP contribution is 2.14. The first kappa shape index (κ1) is 11.0. The Morgan fingerprint density at radius 2 is 1.88 bits per heavy atom. The summed E-state index contributed by atoms with van der Waals surface area (Å²) in [6, 6.07) is 11.7. The summed E-state index contributed by atoms with van der Waals surface area (Å²) in [4.78, 5) is 4.03. The van der Waals surface area contributed by atoms with Crippen LogP contribution >= 0.6 is 11.6 Å². The van der Waals surface area contributed by atoms with Crippen LogP contribution in [0.4, 0.5) is 0 Å². The van der Waals surface area contributed by atoms with Gasteiger partial charge in [-0.25, -0.2) is 0 Å². The van der Waals surface area contributed by atoms with Crippen LogP contribution in [0.2, 0.25) is 0 Å². The Kier molecular flexibility index (Phi) is 3.78. The molecule has 1 aromatic heterocycles. The van der Waals surface area contributed by atoms with Gasteiger partial charge in [0.25, 0.3) is 0 Å². The normalized spacial score (nSPS) is 10.1. The molecule has 1 aromatic carbocycles. The molecule has 0 aliphatic carbocycles. The van der Waals surface area contributed by atoms with Gasteiger partial charge in [0.1, 0.15) is 12.4 Å². The highest BCUT2D eigenvalue weighted by Gasteiger charge is 1.96. The Morgan fingerprint density at radius 1 is 1.06 bits per heavy atom. The van der Waals surface area contributed by atoms with Crippen molar-refractivity contribution >= 4 is 11.6 Å². The highest BCUT2D eigenvalue weighted by atomic mass is 35.5. The van der Waals surface area contributed by atoms with Crippen molar-refractivity contribution < 1.29 is 4.74 Å². The van der Waals surface area contributed by atoms with Gasteiger partial charge in [-0.3, -0.25) is 4.98 Å². The molecule has 3 heteroatoms. The monoisotopic (exact) mass is 233 g/mol. The molecule has 82 valence electrons. The minimum atomic E-state index is 0.531. The van der Waals surface area contributed by atoms with Crippen LogP contribution in [0.15, 0.2) is 48.8 Å². The quantitative estimate of drug-likeness (QED) is 0.756. The Bertz CT molecular complexity index is 427. The van der Waals surface area contributed by atoms with E-state index in [2.05, 4.69) is 4.98 Å². The Morgan fingerprint density at radius 3 is 2.50 bits per heavy atom. The first-order valence-corrected chi connectivity index (χ1v) is 5.58. The molecule has 2 aromatic rings. The summed E-state index contributed by atoms with van der Waals surface area (Å²) < 4.78 is 5.61. The first-order valence-electron chi connectivity index (χ1n) is 5.05. The highest BCUT2D eigenvalue weighted by molar-refractivity contribution is 6.17. The summed E-state index contributed by atoms with van der Waals surface area (Å²) in [6.07, 6.45) is 3.55. The largest absolute Gasteiger partial charge is 0.489 e. The number of pyridine rings is 1. The Balaban J connectivity index is 1.94. The predicted octanol–water partition coefficient (Wildman–Crippen LogP) is 3.40. The number of hydrogen-bond donors (Lipinski definition) is 0. The summed E-state index contributed by atoms with van der Waals surface area (Å²) in [5.74, 6) is 1.38. The van der Waals surface area contributed by atoms with E-state index in [9.17, 15) is 0 Å². The zero-order chi connectivity index (χ0) is 11.2. The summed E-state index contributed by atoms with van der Waals surface area (Å²) in [5, 5.41) is 0. The Labute approximate surface area is 99.9 Å². The van der Waals surface area contributed by atoms with E-state index in [1.54, 1.807) is 12.4 Å². The lowest BCUT2D eigenvalue weighted by Crippen LogP contribution is -1.95. The van der Waals surface area contributed by atoms with Crippen molar-refractivity contribution in [3.8, 4) is 5.75 Å². The van der Waals surface area contributed by atoms with Gasteiger partial charge in [0.2, 0.25) is 0 Å². The molecule has 0 radical (unpaired) electrons. The number of benzene rings is 1. The second kappa shape index (κ2) is 5.52. The fourth-order valence-electron chi connectivity index (χ4n) is 1.32. The van der Waals surface area contributed by atoms with Gasteiger partial charge in [-0.05, 0) is 23.8 Å². The van der Waals surface area contributed by atoms with E-state index in [1.807, 2.05) is 36.4 Å². The lowest BCUT2D eigenvalue weighted by atomic mass is 10.2. The van der Waals surface area contributed by atoms with Crippen molar-refractivity contribution in [2.45, 2.75) is 12.5 Å². The third kappa shape index (κ3) is 2.97. The molecule has 0 amide bonds. The van der Waals surface area contributed by atoms with E-state index >= 15 is 0 Å². The van der Waals surface area contributed by atoms with E-state index in [0.29, 0.717) is 12.5 Å². The smallest absolute Gasteiger partial charge is 0.119 e. The minimum Gasteiger partial charge on any atom is -0.489 e. The fraction of sp³-hybridized carbons (Fsp3) is 0.154. The van der Waals surface area contributed by atoms with E-state index in [1.165, 1.54) is 0 Å². The molecule has 16 heavy (non-hydrogen) atoms. The molecule has 0 fully saturated rings. The van der Waals surface area contributed by atoms with Gasteiger partial charge in [-0.2, -0.15) is 0 Å². The number of halogens is 1. The summed E-state index contributed by atoms with van der Waals surface area (Å²) in [6.45, 7) is 0.536. The van der Waals surface area contributed by atoms with E-state index < -0.39 is 0 Å². The Hall–Kier alpha value is -1.54. The van der Waals surface area contributed by atoms with Crippen molar-refractivity contribution in [2.75, 3.05) is 0 Å². The maximum atomic E-state index is 5.70. The number of rotatable bonds is 4. The molecule has 0 unspecified atom stereocenters.